The van der Waals surface area contributed by atoms with E-state index in [1.54, 1.807) is 30.3 Å². The number of benzene rings is 4. The summed E-state index contributed by atoms with van der Waals surface area (Å²) in [7, 11) is 0. The molecule has 29 heavy (non-hydrogen) atoms. The lowest BCUT2D eigenvalue weighted by molar-refractivity contribution is 1.07. The summed E-state index contributed by atoms with van der Waals surface area (Å²) in [5.41, 5.74) is -0.168. The van der Waals surface area contributed by atoms with Crippen molar-refractivity contribution in [3.8, 4) is 33.9 Å². The fraction of sp³-hybridized carbons (Fsp3) is 0. The van der Waals surface area contributed by atoms with Crippen LogP contribution in [0.25, 0.3) is 44.7 Å². The topological polar surface area (TPSA) is 38.7 Å². The average Bonchev–Trinajstić information content (AvgIpc) is 2.92. The van der Waals surface area contributed by atoms with Gasteiger partial charge in [-0.3, -0.25) is 0 Å². The normalized spacial score (nSPS) is 16.2. The highest BCUT2D eigenvalue weighted by Crippen LogP contribution is 2.28. The molecule has 0 amide bonds. The molecule has 0 aliphatic carbocycles. The Bertz CT molecular complexity index is 1850. The summed E-state index contributed by atoms with van der Waals surface area (Å²) in [6, 6.07) is 2.77. The third kappa shape index (κ3) is 3.60. The van der Waals surface area contributed by atoms with E-state index in [-0.39, 0.29) is 39.5 Å². The van der Waals surface area contributed by atoms with Crippen LogP contribution in [-0.4, -0.2) is 15.0 Å². The first kappa shape index (κ1) is 9.29. The quantitative estimate of drug-likeness (QED) is 0.336. The number of aromatic nitrogens is 3. The van der Waals surface area contributed by atoms with Gasteiger partial charge in [-0.15, -0.1) is 0 Å². The van der Waals surface area contributed by atoms with Crippen molar-refractivity contribution in [2.75, 3.05) is 0 Å². The van der Waals surface area contributed by atoms with Crippen LogP contribution in [0.4, 0.5) is 0 Å². The van der Waals surface area contributed by atoms with Crippen molar-refractivity contribution in [2.24, 2.45) is 0 Å². The van der Waals surface area contributed by atoms with Gasteiger partial charge in [-0.1, -0.05) is 84.7 Å². The standard InChI is InChI=1S/C25H16ClN3/c26-25-28-23(18-9-5-2-6-10-18)27-24(29-25)22-14-13-20-15-19(11-12-21(20)16-22)17-7-3-1-4-8-17/h1-16H/i2D,5D,6D,9D,10D,11D,12D,13D,14D,15D,16D. The summed E-state index contributed by atoms with van der Waals surface area (Å²) in [4.78, 5) is 12.0. The average molecular weight is 405 g/mol. The lowest BCUT2D eigenvalue weighted by Gasteiger charge is -2.08. The molecular formula is C25H16ClN3. The van der Waals surface area contributed by atoms with Crippen molar-refractivity contribution in [3.63, 3.8) is 0 Å². The Kier molecular flexibility index (Phi) is 2.39. The second-order valence-electron chi connectivity index (χ2n) is 5.87. The first-order chi connectivity index (χ1) is 18.9. The second-order valence-corrected chi connectivity index (χ2v) is 6.21. The van der Waals surface area contributed by atoms with Crippen molar-refractivity contribution < 1.29 is 15.1 Å². The Hall–Kier alpha value is -3.56. The molecule has 0 atom stereocenters. The van der Waals surface area contributed by atoms with Crippen molar-refractivity contribution >= 4 is 22.4 Å². The van der Waals surface area contributed by atoms with Crippen LogP contribution in [0.3, 0.4) is 0 Å². The molecule has 0 saturated carbocycles. The maximum absolute atomic E-state index is 8.86. The lowest BCUT2D eigenvalue weighted by Crippen LogP contribution is -1.97. The first-order valence-electron chi connectivity index (χ1n) is 13.9. The molecule has 4 aromatic carbocycles. The summed E-state index contributed by atoms with van der Waals surface area (Å²) >= 11 is 6.12. The Morgan fingerprint density at radius 3 is 1.93 bits per heavy atom. The molecular weight excluding hydrogens is 378 g/mol. The molecule has 0 N–H and O–H groups in total. The van der Waals surface area contributed by atoms with E-state index >= 15 is 0 Å². The van der Waals surface area contributed by atoms with Crippen molar-refractivity contribution in [1.82, 2.24) is 15.0 Å². The van der Waals surface area contributed by atoms with E-state index in [1.165, 1.54) is 0 Å². The van der Waals surface area contributed by atoms with E-state index in [1.807, 2.05) is 0 Å². The molecule has 5 aromatic rings. The molecule has 0 aliphatic rings. The molecule has 0 bridgehead atoms. The molecule has 0 saturated heterocycles. The molecule has 0 fully saturated rings. The van der Waals surface area contributed by atoms with Gasteiger partial charge in [0.2, 0.25) is 5.28 Å². The maximum Gasteiger partial charge on any atom is 0.226 e. The minimum absolute atomic E-state index is 0.0878. The SMILES string of the molecule is [2H]c1c([2H])c([2H])c(-c2nc(Cl)nc(-c3c([2H])c([2H])c4c([2H])c(-c5ccccc5)c([2H])c([2H])c4c3[2H])n2)c([2H])c1[2H]. The Balaban J connectivity index is 1.84. The largest absolute Gasteiger partial charge is 0.226 e. The summed E-state index contributed by atoms with van der Waals surface area (Å²) in [5, 5.41) is -0.860. The van der Waals surface area contributed by atoms with E-state index in [0.29, 0.717) is 5.56 Å². The van der Waals surface area contributed by atoms with Gasteiger partial charge in [0.25, 0.3) is 0 Å². The zero-order chi connectivity index (χ0) is 29.2. The number of nitrogens with zero attached hydrogens (tertiary/aromatic N) is 3. The maximum atomic E-state index is 8.86. The third-order valence-corrected chi connectivity index (χ3v) is 4.16. The van der Waals surface area contributed by atoms with Gasteiger partial charge >= 0.3 is 0 Å². The van der Waals surface area contributed by atoms with Crippen LogP contribution in [0.1, 0.15) is 15.1 Å². The minimum Gasteiger partial charge on any atom is -0.208 e. The van der Waals surface area contributed by atoms with E-state index in [4.69, 9.17) is 26.7 Å². The van der Waals surface area contributed by atoms with Gasteiger partial charge in [-0.25, -0.2) is 4.98 Å². The van der Waals surface area contributed by atoms with Crippen LogP contribution in [0.5, 0.6) is 0 Å². The van der Waals surface area contributed by atoms with Gasteiger partial charge in [0.05, 0.1) is 15.1 Å². The molecule has 1 aromatic heterocycles. The third-order valence-electron chi connectivity index (χ3n) is 3.99. The number of halogens is 1. The zero-order valence-electron chi connectivity index (χ0n) is 25.6. The van der Waals surface area contributed by atoms with E-state index < -0.39 is 71.3 Å². The van der Waals surface area contributed by atoms with Gasteiger partial charge in [-0.2, -0.15) is 9.97 Å². The first-order valence-corrected chi connectivity index (χ1v) is 8.82. The number of rotatable bonds is 3. The molecule has 0 aliphatic heterocycles. The monoisotopic (exact) mass is 404 g/mol. The fourth-order valence-electron chi connectivity index (χ4n) is 2.67. The van der Waals surface area contributed by atoms with Crippen LogP contribution >= 0.6 is 11.6 Å². The molecule has 138 valence electrons. The lowest BCUT2D eigenvalue weighted by atomic mass is 10.00. The minimum atomic E-state index is -0.630. The molecule has 1 heterocycles. The highest BCUT2D eigenvalue weighted by molar-refractivity contribution is 6.28. The van der Waals surface area contributed by atoms with Gasteiger partial charge in [0, 0.05) is 11.1 Å². The molecule has 4 heteroatoms. The highest BCUT2D eigenvalue weighted by Gasteiger charge is 2.10. The van der Waals surface area contributed by atoms with E-state index in [9.17, 15) is 0 Å². The second kappa shape index (κ2) is 7.46. The van der Waals surface area contributed by atoms with E-state index in [0.717, 1.165) is 0 Å². The zero-order valence-corrected chi connectivity index (χ0v) is 15.4. The summed E-state index contributed by atoms with van der Waals surface area (Å²) in [6.07, 6.45) is 0. The Morgan fingerprint density at radius 1 is 0.586 bits per heavy atom. The van der Waals surface area contributed by atoms with Gasteiger partial charge < -0.3 is 0 Å². The molecule has 0 spiro atoms. The predicted octanol–water partition coefficient (Wildman–Crippen LogP) is 6.68. The number of fused-ring (bicyclic) bond motifs is 1. The molecule has 5 rings (SSSR count). The Labute approximate surface area is 189 Å². The van der Waals surface area contributed by atoms with Gasteiger partial charge in [0.1, 0.15) is 0 Å². The summed E-state index contributed by atoms with van der Waals surface area (Å²) in [6.45, 7) is 0. The van der Waals surface area contributed by atoms with Gasteiger partial charge in [-0.05, 0) is 45.6 Å². The fourth-order valence-corrected chi connectivity index (χ4v) is 2.83. The molecule has 0 unspecified atom stereocenters. The van der Waals surface area contributed by atoms with Crippen LogP contribution < -0.4 is 0 Å². The smallest absolute Gasteiger partial charge is 0.208 e. The van der Waals surface area contributed by atoms with E-state index in [2.05, 4.69) is 15.0 Å². The van der Waals surface area contributed by atoms with Crippen molar-refractivity contribution in [1.29, 1.82) is 0 Å². The molecule has 3 nitrogen and oxygen atoms in total. The Morgan fingerprint density at radius 2 is 1.21 bits per heavy atom. The predicted molar refractivity (Wildman–Crippen MR) is 119 cm³/mol. The van der Waals surface area contributed by atoms with Gasteiger partial charge in [0.15, 0.2) is 11.6 Å². The number of hydrogen-bond donors (Lipinski definition) is 0. The highest BCUT2D eigenvalue weighted by atomic mass is 35.5. The summed E-state index contributed by atoms with van der Waals surface area (Å²) < 4.78 is 92.4. The van der Waals surface area contributed by atoms with Crippen LogP contribution in [0.15, 0.2) is 96.8 Å². The van der Waals surface area contributed by atoms with Crippen LogP contribution in [-0.2, 0) is 0 Å². The molecule has 0 radical (unpaired) electrons. The van der Waals surface area contributed by atoms with Crippen LogP contribution in [0.2, 0.25) is 5.28 Å². The summed E-state index contributed by atoms with van der Waals surface area (Å²) in [5.74, 6) is -0.817. The van der Waals surface area contributed by atoms with Crippen molar-refractivity contribution in [2.45, 2.75) is 0 Å². The number of hydrogen-bond acceptors (Lipinski definition) is 3. The van der Waals surface area contributed by atoms with Crippen LogP contribution in [0, 0.1) is 0 Å². The van der Waals surface area contributed by atoms with Crippen molar-refractivity contribution in [3.05, 3.63) is 102 Å².